The molecular weight excluding hydrogens is 166 g/mol. The zero-order valence-electron chi connectivity index (χ0n) is 7.36. The summed E-state index contributed by atoms with van der Waals surface area (Å²) in [6.07, 6.45) is 1.95. The second-order valence-corrected chi connectivity index (χ2v) is 2.59. The highest BCUT2D eigenvalue weighted by molar-refractivity contribution is 5.34. The fourth-order valence-electron chi connectivity index (χ4n) is 0.963. The lowest BCUT2D eigenvalue weighted by molar-refractivity contribution is 0.548. The van der Waals surface area contributed by atoms with E-state index in [2.05, 4.69) is 10.3 Å². The Balaban J connectivity index is 2.91. The van der Waals surface area contributed by atoms with Crippen molar-refractivity contribution in [3.8, 4) is 12.1 Å². The Labute approximate surface area is 76.2 Å². The largest absolute Gasteiger partial charge is 0.233 e. The van der Waals surface area contributed by atoms with Crippen LogP contribution in [0.1, 0.15) is 31.2 Å². The van der Waals surface area contributed by atoms with Gasteiger partial charge in [-0.3, -0.25) is 0 Å². The third-order valence-electron chi connectivity index (χ3n) is 1.67. The quantitative estimate of drug-likeness (QED) is 0.681. The maximum atomic E-state index is 8.72. The van der Waals surface area contributed by atoms with Gasteiger partial charge in [-0.1, -0.05) is 18.6 Å². The van der Waals surface area contributed by atoms with Crippen LogP contribution in [0, 0.1) is 22.7 Å². The number of aryl methyl sites for hydroxylation is 1. The van der Waals surface area contributed by atoms with E-state index in [1.165, 1.54) is 4.68 Å². The minimum atomic E-state index is 0.110. The Morgan fingerprint density at radius 3 is 2.69 bits per heavy atom. The molecular formula is C8H9N5. The second kappa shape index (κ2) is 4.22. The van der Waals surface area contributed by atoms with Gasteiger partial charge in [-0.05, 0) is 6.42 Å². The van der Waals surface area contributed by atoms with E-state index in [9.17, 15) is 0 Å². The van der Waals surface area contributed by atoms with Gasteiger partial charge < -0.3 is 0 Å². The molecule has 13 heavy (non-hydrogen) atoms. The first-order valence-corrected chi connectivity index (χ1v) is 4.07. The molecule has 0 spiro atoms. The molecule has 66 valence electrons. The van der Waals surface area contributed by atoms with Crippen LogP contribution in [0.25, 0.3) is 0 Å². The molecule has 0 unspecified atom stereocenters. The molecule has 1 aromatic rings. The third kappa shape index (κ3) is 1.83. The van der Waals surface area contributed by atoms with Gasteiger partial charge in [0.05, 0.1) is 0 Å². The molecule has 0 N–H and O–H groups in total. The number of hydrogen-bond donors (Lipinski definition) is 0. The zero-order chi connectivity index (χ0) is 9.68. The molecule has 5 heteroatoms. The average molecular weight is 175 g/mol. The van der Waals surface area contributed by atoms with Crippen LogP contribution in [0.3, 0.4) is 0 Å². The topological polar surface area (TPSA) is 78.3 Å². The SMILES string of the molecule is CCCCn1nnc(C#N)c1C#N. The molecule has 0 aliphatic rings. The molecule has 0 amide bonds. The molecule has 0 bridgehead atoms. The van der Waals surface area contributed by atoms with Gasteiger partial charge in [0.1, 0.15) is 12.1 Å². The summed E-state index contributed by atoms with van der Waals surface area (Å²) in [6.45, 7) is 2.70. The number of unbranched alkanes of at least 4 members (excludes halogenated alkanes) is 1. The number of nitrogens with zero attached hydrogens (tertiary/aromatic N) is 5. The van der Waals surface area contributed by atoms with E-state index in [-0.39, 0.29) is 11.4 Å². The second-order valence-electron chi connectivity index (χ2n) is 2.59. The van der Waals surface area contributed by atoms with Crippen molar-refractivity contribution in [3.05, 3.63) is 11.4 Å². The predicted octanol–water partition coefficient (Wildman–Crippen LogP) is 0.822. The fraction of sp³-hybridized carbons (Fsp3) is 0.500. The van der Waals surface area contributed by atoms with Crippen LogP contribution in [-0.2, 0) is 6.54 Å². The highest BCUT2D eigenvalue weighted by Gasteiger charge is 2.10. The molecule has 0 saturated carbocycles. The maximum Gasteiger partial charge on any atom is 0.200 e. The van der Waals surface area contributed by atoms with Crippen LogP contribution in [0.4, 0.5) is 0 Å². The van der Waals surface area contributed by atoms with E-state index in [4.69, 9.17) is 10.5 Å². The lowest BCUT2D eigenvalue weighted by atomic mass is 10.3. The van der Waals surface area contributed by atoms with Crippen molar-refractivity contribution >= 4 is 0 Å². The van der Waals surface area contributed by atoms with Crippen LogP contribution in [0.5, 0.6) is 0 Å². The van der Waals surface area contributed by atoms with Crippen LogP contribution >= 0.6 is 0 Å². The molecule has 0 aliphatic heterocycles. The van der Waals surface area contributed by atoms with E-state index in [0.717, 1.165) is 12.8 Å². The summed E-state index contributed by atoms with van der Waals surface area (Å²) < 4.78 is 1.47. The predicted molar refractivity (Wildman–Crippen MR) is 44.4 cm³/mol. The van der Waals surface area contributed by atoms with Crippen molar-refractivity contribution in [1.29, 1.82) is 10.5 Å². The highest BCUT2D eigenvalue weighted by Crippen LogP contribution is 2.03. The van der Waals surface area contributed by atoms with Gasteiger partial charge in [0, 0.05) is 6.54 Å². The first-order valence-electron chi connectivity index (χ1n) is 4.07. The van der Waals surface area contributed by atoms with Gasteiger partial charge in [-0.15, -0.1) is 5.10 Å². The lowest BCUT2D eigenvalue weighted by Crippen LogP contribution is -2.02. The summed E-state index contributed by atoms with van der Waals surface area (Å²) in [4.78, 5) is 0. The van der Waals surface area contributed by atoms with Crippen LogP contribution in [0.15, 0.2) is 0 Å². The van der Waals surface area contributed by atoms with Crippen LogP contribution in [0.2, 0.25) is 0 Å². The molecule has 5 nitrogen and oxygen atoms in total. The van der Waals surface area contributed by atoms with E-state index in [1.807, 2.05) is 19.1 Å². The molecule has 0 atom stereocenters. The molecule has 1 aromatic heterocycles. The normalized spacial score (nSPS) is 9.15. The first kappa shape index (κ1) is 9.21. The van der Waals surface area contributed by atoms with Crippen molar-refractivity contribution in [2.45, 2.75) is 26.3 Å². The van der Waals surface area contributed by atoms with Gasteiger partial charge >= 0.3 is 0 Å². The Morgan fingerprint density at radius 2 is 2.15 bits per heavy atom. The minimum absolute atomic E-state index is 0.110. The number of aromatic nitrogens is 3. The Kier molecular flexibility index (Phi) is 2.99. The maximum absolute atomic E-state index is 8.72. The van der Waals surface area contributed by atoms with Crippen molar-refractivity contribution in [2.75, 3.05) is 0 Å². The molecule has 0 radical (unpaired) electrons. The molecule has 1 heterocycles. The van der Waals surface area contributed by atoms with Crippen molar-refractivity contribution in [1.82, 2.24) is 15.0 Å². The molecule has 0 fully saturated rings. The summed E-state index contributed by atoms with van der Waals surface area (Å²) in [6, 6.07) is 3.75. The Hall–Kier alpha value is -1.88. The third-order valence-corrected chi connectivity index (χ3v) is 1.67. The van der Waals surface area contributed by atoms with Crippen LogP contribution in [-0.4, -0.2) is 15.0 Å². The molecule has 1 rings (SSSR count). The Morgan fingerprint density at radius 1 is 1.38 bits per heavy atom. The van der Waals surface area contributed by atoms with Crippen molar-refractivity contribution in [2.24, 2.45) is 0 Å². The smallest absolute Gasteiger partial charge is 0.200 e. The summed E-state index contributed by atoms with van der Waals surface area (Å²) in [5.74, 6) is 0. The summed E-state index contributed by atoms with van der Waals surface area (Å²) in [5.41, 5.74) is 0.370. The van der Waals surface area contributed by atoms with Gasteiger partial charge in [0.25, 0.3) is 0 Å². The number of rotatable bonds is 3. The van der Waals surface area contributed by atoms with E-state index < -0.39 is 0 Å². The van der Waals surface area contributed by atoms with Gasteiger partial charge in [-0.2, -0.15) is 10.5 Å². The van der Waals surface area contributed by atoms with Crippen molar-refractivity contribution in [3.63, 3.8) is 0 Å². The molecule has 0 saturated heterocycles. The van der Waals surface area contributed by atoms with E-state index >= 15 is 0 Å². The van der Waals surface area contributed by atoms with E-state index in [1.54, 1.807) is 0 Å². The van der Waals surface area contributed by atoms with Crippen LogP contribution < -0.4 is 0 Å². The standard InChI is InChI=1S/C8H9N5/c1-2-3-4-13-8(6-10)7(5-9)11-12-13/h2-4H2,1H3. The Bertz CT molecular complexity index is 365. The zero-order valence-corrected chi connectivity index (χ0v) is 7.36. The van der Waals surface area contributed by atoms with Crippen molar-refractivity contribution < 1.29 is 0 Å². The van der Waals surface area contributed by atoms with Gasteiger partial charge in [0.15, 0.2) is 5.69 Å². The van der Waals surface area contributed by atoms with Gasteiger partial charge in [0.2, 0.25) is 5.69 Å². The molecule has 0 aromatic carbocycles. The first-order chi connectivity index (χ1) is 6.33. The summed E-state index contributed by atoms with van der Waals surface area (Å²) in [5, 5.41) is 24.6. The van der Waals surface area contributed by atoms with Gasteiger partial charge in [-0.25, -0.2) is 4.68 Å². The number of hydrogen-bond acceptors (Lipinski definition) is 4. The summed E-state index contributed by atoms with van der Waals surface area (Å²) in [7, 11) is 0. The summed E-state index contributed by atoms with van der Waals surface area (Å²) >= 11 is 0. The highest BCUT2D eigenvalue weighted by atomic mass is 15.4. The number of nitriles is 2. The lowest BCUT2D eigenvalue weighted by Gasteiger charge is -1.97. The monoisotopic (exact) mass is 175 g/mol. The minimum Gasteiger partial charge on any atom is -0.233 e. The molecule has 0 aliphatic carbocycles. The van der Waals surface area contributed by atoms with E-state index in [0.29, 0.717) is 6.54 Å². The average Bonchev–Trinajstić information content (AvgIpc) is 2.56. The fourth-order valence-corrected chi connectivity index (χ4v) is 0.963.